The molecule has 3 heteroatoms. The average molecular weight is 237 g/mol. The van der Waals surface area contributed by atoms with Crippen LogP contribution in [0.15, 0.2) is 12.2 Å². The van der Waals surface area contributed by atoms with Gasteiger partial charge >= 0.3 is 0 Å². The monoisotopic (exact) mass is 237 g/mol. The normalized spacial score (nSPS) is 37.2. The minimum atomic E-state index is -0.322. The first-order valence-corrected chi connectivity index (χ1v) is 6.72. The molecule has 0 radical (unpaired) electrons. The number of hydrogen-bond acceptors (Lipinski definition) is 2. The molecule has 0 spiro atoms. The third-order valence-corrected chi connectivity index (χ3v) is 4.28. The maximum Gasteiger partial charge on any atom is 0.223 e. The van der Waals surface area contributed by atoms with Crippen LogP contribution in [0.2, 0.25) is 0 Å². The van der Waals surface area contributed by atoms with Crippen molar-refractivity contribution in [3.8, 4) is 0 Å². The highest BCUT2D eigenvalue weighted by Gasteiger charge is 2.43. The van der Waals surface area contributed by atoms with Gasteiger partial charge in [-0.05, 0) is 51.4 Å². The number of primary amides is 1. The molecule has 2 rings (SSSR count). The topological polar surface area (TPSA) is 52.3 Å². The second-order valence-electron chi connectivity index (χ2n) is 5.56. The Morgan fingerprint density at radius 1 is 1.53 bits per heavy atom. The van der Waals surface area contributed by atoms with E-state index in [-0.39, 0.29) is 17.4 Å². The highest BCUT2D eigenvalue weighted by molar-refractivity contribution is 5.78. The van der Waals surface area contributed by atoms with Crippen molar-refractivity contribution in [2.45, 2.75) is 51.0 Å². The molecule has 2 aliphatic rings. The van der Waals surface area contributed by atoms with Gasteiger partial charge in [-0.2, -0.15) is 0 Å². The predicted molar refractivity (Wildman–Crippen MR) is 67.4 cm³/mol. The van der Waals surface area contributed by atoms with Gasteiger partial charge in [0.2, 0.25) is 5.91 Å². The third-order valence-electron chi connectivity index (χ3n) is 4.28. The van der Waals surface area contributed by atoms with E-state index in [4.69, 9.17) is 10.5 Å². The molecule has 1 aliphatic carbocycles. The van der Waals surface area contributed by atoms with Gasteiger partial charge in [0.25, 0.3) is 0 Å². The summed E-state index contributed by atoms with van der Waals surface area (Å²) in [6.07, 6.45) is 11.2. The van der Waals surface area contributed by atoms with Gasteiger partial charge in [0, 0.05) is 6.61 Å². The second kappa shape index (κ2) is 5.21. The molecule has 3 nitrogen and oxygen atoms in total. The zero-order valence-electron chi connectivity index (χ0n) is 10.7. The van der Waals surface area contributed by atoms with Gasteiger partial charge < -0.3 is 10.5 Å². The van der Waals surface area contributed by atoms with Crippen LogP contribution in [0, 0.1) is 11.8 Å². The van der Waals surface area contributed by atoms with Gasteiger partial charge in [-0.25, -0.2) is 0 Å². The standard InChI is InChI=1S/C14H23NO2/c1-14(12(13(15)16)8-10-17-14)9-7-11-5-3-2-4-6-11/h3,5,11-12H,2,4,6-10H2,1H3,(H2,15,16)/t11?,12-,14+/m0/s1. The van der Waals surface area contributed by atoms with Crippen LogP contribution in [-0.2, 0) is 9.53 Å². The van der Waals surface area contributed by atoms with E-state index in [2.05, 4.69) is 12.2 Å². The van der Waals surface area contributed by atoms with E-state index in [1.54, 1.807) is 0 Å². The molecule has 1 aliphatic heterocycles. The molecule has 1 saturated heterocycles. The third kappa shape index (κ3) is 2.89. The molecular formula is C14H23NO2. The van der Waals surface area contributed by atoms with Crippen LogP contribution in [0.25, 0.3) is 0 Å². The highest BCUT2D eigenvalue weighted by Crippen LogP contribution is 2.37. The average Bonchev–Trinajstić information content (AvgIpc) is 2.71. The summed E-state index contributed by atoms with van der Waals surface area (Å²) in [4.78, 5) is 11.4. The molecule has 17 heavy (non-hydrogen) atoms. The lowest BCUT2D eigenvalue weighted by Crippen LogP contribution is -2.40. The first kappa shape index (κ1) is 12.6. The molecule has 3 atom stereocenters. The van der Waals surface area contributed by atoms with E-state index >= 15 is 0 Å². The van der Waals surface area contributed by atoms with Crippen LogP contribution < -0.4 is 5.73 Å². The zero-order chi connectivity index (χ0) is 12.3. The van der Waals surface area contributed by atoms with E-state index in [1.807, 2.05) is 6.92 Å². The second-order valence-corrected chi connectivity index (χ2v) is 5.56. The van der Waals surface area contributed by atoms with Gasteiger partial charge in [-0.15, -0.1) is 0 Å². The van der Waals surface area contributed by atoms with Crippen LogP contribution in [-0.4, -0.2) is 18.1 Å². The molecule has 1 heterocycles. The van der Waals surface area contributed by atoms with Crippen LogP contribution in [0.1, 0.15) is 45.4 Å². The molecule has 96 valence electrons. The summed E-state index contributed by atoms with van der Waals surface area (Å²) in [5.74, 6) is 0.359. The predicted octanol–water partition coefficient (Wildman–Crippen LogP) is 2.40. The van der Waals surface area contributed by atoms with Crippen molar-refractivity contribution in [3.63, 3.8) is 0 Å². The summed E-state index contributed by atoms with van der Waals surface area (Å²) in [7, 11) is 0. The van der Waals surface area contributed by atoms with Crippen molar-refractivity contribution in [2.75, 3.05) is 6.61 Å². The van der Waals surface area contributed by atoms with Crippen molar-refractivity contribution in [1.29, 1.82) is 0 Å². The molecule has 1 unspecified atom stereocenters. The fraction of sp³-hybridized carbons (Fsp3) is 0.786. The Morgan fingerprint density at radius 3 is 3.00 bits per heavy atom. The fourth-order valence-electron chi connectivity index (χ4n) is 3.10. The SMILES string of the molecule is C[C@]1(CCC2C=CCCC2)OCC[C@H]1C(N)=O. The number of nitrogens with two attached hydrogens (primary N) is 1. The van der Waals surface area contributed by atoms with Gasteiger partial charge in [0.1, 0.15) is 0 Å². The molecule has 0 aromatic carbocycles. The Kier molecular flexibility index (Phi) is 3.87. The van der Waals surface area contributed by atoms with E-state index in [9.17, 15) is 4.79 Å². The molecule has 1 amide bonds. The van der Waals surface area contributed by atoms with E-state index in [0.29, 0.717) is 12.5 Å². The number of ether oxygens (including phenoxy) is 1. The number of hydrogen-bond donors (Lipinski definition) is 1. The Balaban J connectivity index is 1.90. The van der Waals surface area contributed by atoms with Crippen molar-refractivity contribution in [3.05, 3.63) is 12.2 Å². The van der Waals surface area contributed by atoms with E-state index in [1.165, 1.54) is 19.3 Å². The summed E-state index contributed by atoms with van der Waals surface area (Å²) in [5.41, 5.74) is 5.13. The largest absolute Gasteiger partial charge is 0.374 e. The number of carbonyl (C=O) groups excluding carboxylic acids is 1. The molecular weight excluding hydrogens is 214 g/mol. The van der Waals surface area contributed by atoms with Crippen molar-refractivity contribution in [2.24, 2.45) is 17.6 Å². The summed E-state index contributed by atoms with van der Waals surface area (Å²) in [6, 6.07) is 0. The molecule has 0 aromatic heterocycles. The van der Waals surface area contributed by atoms with Gasteiger partial charge in [-0.1, -0.05) is 12.2 Å². The summed E-state index contributed by atoms with van der Waals surface area (Å²) in [5, 5.41) is 0. The molecule has 0 saturated carbocycles. The first-order valence-electron chi connectivity index (χ1n) is 6.72. The Labute approximate surface area is 103 Å². The van der Waals surface area contributed by atoms with Crippen LogP contribution in [0.3, 0.4) is 0 Å². The number of rotatable bonds is 4. The first-order chi connectivity index (χ1) is 8.12. The van der Waals surface area contributed by atoms with E-state index in [0.717, 1.165) is 19.3 Å². The summed E-state index contributed by atoms with van der Waals surface area (Å²) >= 11 is 0. The van der Waals surface area contributed by atoms with E-state index < -0.39 is 0 Å². The smallest absolute Gasteiger partial charge is 0.223 e. The minimum absolute atomic E-state index is 0.102. The zero-order valence-corrected chi connectivity index (χ0v) is 10.7. The lowest BCUT2D eigenvalue weighted by Gasteiger charge is -2.30. The fourth-order valence-corrected chi connectivity index (χ4v) is 3.10. The Hall–Kier alpha value is -0.830. The highest BCUT2D eigenvalue weighted by atomic mass is 16.5. The van der Waals surface area contributed by atoms with Gasteiger partial charge in [-0.3, -0.25) is 4.79 Å². The number of amides is 1. The minimum Gasteiger partial charge on any atom is -0.374 e. The Bertz CT molecular complexity index is 313. The molecule has 1 fully saturated rings. The lowest BCUT2D eigenvalue weighted by molar-refractivity contribution is -0.127. The number of carbonyl (C=O) groups is 1. The van der Waals surface area contributed by atoms with Crippen molar-refractivity contribution < 1.29 is 9.53 Å². The molecule has 0 bridgehead atoms. The van der Waals surface area contributed by atoms with Gasteiger partial charge in [0.05, 0.1) is 11.5 Å². The summed E-state index contributed by atoms with van der Waals surface area (Å²) in [6.45, 7) is 2.71. The summed E-state index contributed by atoms with van der Waals surface area (Å²) < 4.78 is 5.78. The van der Waals surface area contributed by atoms with Gasteiger partial charge in [0.15, 0.2) is 0 Å². The Morgan fingerprint density at radius 2 is 2.35 bits per heavy atom. The maximum atomic E-state index is 11.4. The van der Waals surface area contributed by atoms with Crippen LogP contribution >= 0.6 is 0 Å². The lowest BCUT2D eigenvalue weighted by atomic mass is 9.81. The van der Waals surface area contributed by atoms with Crippen LogP contribution in [0.5, 0.6) is 0 Å². The van der Waals surface area contributed by atoms with Crippen molar-refractivity contribution >= 4 is 5.91 Å². The molecule has 2 N–H and O–H groups in total. The number of allylic oxidation sites excluding steroid dienone is 2. The van der Waals surface area contributed by atoms with Crippen molar-refractivity contribution in [1.82, 2.24) is 0 Å². The quantitative estimate of drug-likeness (QED) is 0.763. The van der Waals surface area contributed by atoms with Crippen LogP contribution in [0.4, 0.5) is 0 Å². The maximum absolute atomic E-state index is 11.4. The molecule has 0 aromatic rings.